The molecule has 0 bridgehead atoms. The van der Waals surface area contributed by atoms with Crippen molar-refractivity contribution in [1.82, 2.24) is 15.3 Å². The highest BCUT2D eigenvalue weighted by Crippen LogP contribution is 2.40. The third kappa shape index (κ3) is 2.56. The van der Waals surface area contributed by atoms with E-state index in [1.807, 2.05) is 17.8 Å². The lowest BCUT2D eigenvalue weighted by Gasteiger charge is -2.50. The minimum Gasteiger partial charge on any atom is -0.319 e. The first-order chi connectivity index (χ1) is 11.2. The first-order valence-electron chi connectivity index (χ1n) is 8.05. The van der Waals surface area contributed by atoms with Crippen molar-refractivity contribution in [2.75, 3.05) is 0 Å². The van der Waals surface area contributed by atoms with Gasteiger partial charge in [0.25, 0.3) is 0 Å². The summed E-state index contributed by atoms with van der Waals surface area (Å²) in [6.07, 6.45) is 5.22. The number of rotatable bonds is 2. The molecule has 3 aromatic rings. The van der Waals surface area contributed by atoms with Gasteiger partial charge in [-0.3, -0.25) is 9.15 Å². The number of fused-ring (bicyclic) bond motifs is 1. The van der Waals surface area contributed by atoms with Gasteiger partial charge in [0.1, 0.15) is 5.82 Å². The molecule has 0 amide bonds. The number of hydrogen-bond acceptors (Lipinski definition) is 7. The molecule has 1 aliphatic rings. The molecule has 0 aromatic carbocycles. The zero-order chi connectivity index (χ0) is 17.2. The average molecular weight is 346 g/mol. The number of hydrogen-bond donors (Lipinski definition) is 2. The van der Waals surface area contributed by atoms with Gasteiger partial charge < -0.3 is 11.1 Å². The molecular formula is C17H22N4O2S. The van der Waals surface area contributed by atoms with E-state index in [0.717, 1.165) is 34.4 Å². The topological polar surface area (TPSA) is 90.1 Å². The van der Waals surface area contributed by atoms with Gasteiger partial charge in [-0.25, -0.2) is 9.97 Å². The maximum atomic E-state index is 6.76. The summed E-state index contributed by atoms with van der Waals surface area (Å²) in [6.45, 7) is 8.69. The van der Waals surface area contributed by atoms with Crippen LogP contribution in [0.3, 0.4) is 0 Å². The lowest BCUT2D eigenvalue weighted by molar-refractivity contribution is 0.0604. The first-order valence-corrected chi connectivity index (χ1v) is 8.93. The molecule has 24 heavy (non-hydrogen) atoms. The van der Waals surface area contributed by atoms with E-state index >= 15 is 0 Å². The fourth-order valence-corrected chi connectivity index (χ4v) is 5.08. The molecule has 0 spiro atoms. The highest BCUT2D eigenvalue weighted by molar-refractivity contribution is 7.15. The molecule has 0 atom stereocenters. The van der Waals surface area contributed by atoms with Gasteiger partial charge in [0.2, 0.25) is 11.2 Å². The second kappa shape index (κ2) is 4.91. The second-order valence-electron chi connectivity index (χ2n) is 8.12. The van der Waals surface area contributed by atoms with Crippen LogP contribution in [0.4, 0.5) is 0 Å². The first kappa shape index (κ1) is 15.8. The van der Waals surface area contributed by atoms with E-state index in [2.05, 4.69) is 43.0 Å². The van der Waals surface area contributed by atoms with Crippen LogP contribution in [0.15, 0.2) is 26.9 Å². The number of nitrogens with zero attached hydrogens (tertiary/aromatic N) is 2. The third-order valence-electron chi connectivity index (χ3n) is 4.48. The van der Waals surface area contributed by atoms with Crippen LogP contribution in [-0.2, 0) is 5.54 Å². The lowest BCUT2D eigenvalue weighted by Crippen LogP contribution is -2.65. The van der Waals surface area contributed by atoms with E-state index in [1.165, 1.54) is 0 Å². The fourth-order valence-electron chi connectivity index (χ4n) is 4.22. The monoisotopic (exact) mass is 346 g/mol. The maximum Gasteiger partial charge on any atom is 0.244 e. The van der Waals surface area contributed by atoms with Crippen molar-refractivity contribution in [2.45, 2.75) is 57.2 Å². The van der Waals surface area contributed by atoms with E-state index < -0.39 is 5.54 Å². The minimum atomic E-state index is -0.545. The predicted molar refractivity (Wildman–Crippen MR) is 93.8 cm³/mol. The van der Waals surface area contributed by atoms with Crippen LogP contribution >= 0.6 is 11.3 Å². The largest absolute Gasteiger partial charge is 0.319 e. The van der Waals surface area contributed by atoms with Gasteiger partial charge in [0.15, 0.2) is 0 Å². The number of nitrogens with one attached hydrogen (secondary N) is 1. The Bertz CT molecular complexity index is 856. The van der Waals surface area contributed by atoms with Gasteiger partial charge in [0.05, 0.1) is 10.4 Å². The molecule has 3 N–H and O–H groups in total. The molecule has 7 heteroatoms. The Kier molecular flexibility index (Phi) is 3.23. The quantitative estimate of drug-likeness (QED) is 0.689. The predicted octanol–water partition coefficient (Wildman–Crippen LogP) is 3.64. The van der Waals surface area contributed by atoms with Crippen molar-refractivity contribution in [3.8, 4) is 10.4 Å². The summed E-state index contributed by atoms with van der Waals surface area (Å²) < 4.78 is 9.95. The summed E-state index contributed by atoms with van der Waals surface area (Å²) >= 11 is 1.56. The van der Waals surface area contributed by atoms with Crippen molar-refractivity contribution < 1.29 is 9.15 Å². The molecule has 3 aromatic heterocycles. The minimum absolute atomic E-state index is 0.0691. The maximum absolute atomic E-state index is 6.76. The fraction of sp³-hybridized carbons (Fsp3) is 0.529. The highest BCUT2D eigenvalue weighted by atomic mass is 32.1. The Morgan fingerprint density at radius 3 is 2.21 bits per heavy atom. The number of aromatic nitrogens is 2. The van der Waals surface area contributed by atoms with Crippen LogP contribution in [0.5, 0.6) is 0 Å². The van der Waals surface area contributed by atoms with Gasteiger partial charge in [0, 0.05) is 34.4 Å². The number of thiophene rings is 1. The van der Waals surface area contributed by atoms with Gasteiger partial charge in [-0.2, -0.15) is 0 Å². The zero-order valence-electron chi connectivity index (χ0n) is 14.3. The smallest absolute Gasteiger partial charge is 0.244 e. The van der Waals surface area contributed by atoms with Gasteiger partial charge >= 0.3 is 0 Å². The number of piperidine rings is 1. The molecule has 0 aliphatic carbocycles. The highest BCUT2D eigenvalue weighted by Gasteiger charge is 2.47. The van der Waals surface area contributed by atoms with Gasteiger partial charge in [-0.15, -0.1) is 11.3 Å². The molecule has 1 fully saturated rings. The molecule has 0 radical (unpaired) electrons. The Labute approximate surface area is 144 Å². The van der Waals surface area contributed by atoms with Crippen LogP contribution in [0.25, 0.3) is 21.6 Å². The summed E-state index contributed by atoms with van der Waals surface area (Å²) in [5.74, 6) is 0.696. The van der Waals surface area contributed by atoms with E-state index in [0.29, 0.717) is 5.82 Å². The molecule has 1 aliphatic heterocycles. The molecule has 128 valence electrons. The molecule has 4 rings (SSSR count). The molecule has 1 saturated heterocycles. The van der Waals surface area contributed by atoms with Crippen LogP contribution in [0.1, 0.15) is 46.4 Å². The summed E-state index contributed by atoms with van der Waals surface area (Å²) in [6, 6.07) is 0. The molecular weight excluding hydrogens is 324 g/mol. The Hall–Kier alpha value is -1.70. The van der Waals surface area contributed by atoms with Crippen molar-refractivity contribution in [3.05, 3.63) is 23.6 Å². The van der Waals surface area contributed by atoms with Crippen LogP contribution < -0.4 is 11.1 Å². The van der Waals surface area contributed by atoms with E-state index in [4.69, 9.17) is 14.9 Å². The van der Waals surface area contributed by atoms with E-state index in [1.54, 1.807) is 11.3 Å². The summed E-state index contributed by atoms with van der Waals surface area (Å²) in [7, 11) is 0. The van der Waals surface area contributed by atoms with Crippen molar-refractivity contribution in [2.24, 2.45) is 5.73 Å². The lowest BCUT2D eigenvalue weighted by atomic mass is 9.71. The van der Waals surface area contributed by atoms with Crippen LogP contribution in [-0.4, -0.2) is 21.0 Å². The Morgan fingerprint density at radius 1 is 1.08 bits per heavy atom. The van der Waals surface area contributed by atoms with Crippen LogP contribution in [0, 0.1) is 0 Å². The Morgan fingerprint density at radius 2 is 1.71 bits per heavy atom. The van der Waals surface area contributed by atoms with Gasteiger partial charge in [-0.1, -0.05) is 0 Å². The van der Waals surface area contributed by atoms with Crippen LogP contribution in [0.2, 0.25) is 0 Å². The molecule has 0 unspecified atom stereocenters. The zero-order valence-corrected chi connectivity index (χ0v) is 15.2. The average Bonchev–Trinajstić information content (AvgIpc) is 2.69. The van der Waals surface area contributed by atoms with Crippen molar-refractivity contribution in [1.29, 1.82) is 0 Å². The summed E-state index contributed by atoms with van der Waals surface area (Å²) in [4.78, 5) is 10.2. The standard InChI is InChI=1S/C17H22N4O2S/c1-15(2)8-17(18,9-16(3,4)21-15)14-19-5-10(6-20-14)13-12-11(7-24-13)22-23-12/h5-7,21H,8-9,18H2,1-4H3. The van der Waals surface area contributed by atoms with E-state index in [-0.39, 0.29) is 11.1 Å². The third-order valence-corrected chi connectivity index (χ3v) is 5.47. The van der Waals surface area contributed by atoms with Crippen molar-refractivity contribution in [3.63, 3.8) is 0 Å². The molecule has 4 heterocycles. The summed E-state index contributed by atoms with van der Waals surface area (Å²) in [5.41, 5.74) is 8.54. The van der Waals surface area contributed by atoms with Gasteiger partial charge in [-0.05, 0) is 40.5 Å². The SMILES string of the molecule is CC1(C)CC(N)(c2ncc(-c3scc4ooc34)cn2)CC(C)(C)N1. The summed E-state index contributed by atoms with van der Waals surface area (Å²) in [5, 5.41) is 5.57. The molecule has 6 nitrogen and oxygen atoms in total. The second-order valence-corrected chi connectivity index (χ2v) is 9.00. The Balaban J connectivity index is 1.67. The normalized spacial score (nSPS) is 22.0. The van der Waals surface area contributed by atoms with E-state index in [9.17, 15) is 0 Å². The molecule has 0 saturated carbocycles. The number of nitrogens with two attached hydrogens (primary N) is 1. The van der Waals surface area contributed by atoms with Crippen molar-refractivity contribution >= 4 is 22.5 Å².